The first-order valence-electron chi connectivity index (χ1n) is 5.59. The Hall–Kier alpha value is -1.09. The average Bonchev–Trinajstić information content (AvgIpc) is 2.16. The van der Waals surface area contributed by atoms with Gasteiger partial charge in [-0.25, -0.2) is 4.79 Å². The number of carboxylic acids is 1. The van der Waals surface area contributed by atoms with Gasteiger partial charge in [-0.1, -0.05) is 32.1 Å². The van der Waals surface area contributed by atoms with Crippen LogP contribution in [0.4, 0.5) is 0 Å². The monoisotopic (exact) mass is 224 g/mol. The highest BCUT2D eigenvalue weighted by Crippen LogP contribution is 2.47. The van der Waals surface area contributed by atoms with Crippen molar-refractivity contribution in [2.24, 2.45) is 17.3 Å². The van der Waals surface area contributed by atoms with Crippen molar-refractivity contribution in [2.45, 2.75) is 26.7 Å². The molecule has 0 aromatic rings. The summed E-state index contributed by atoms with van der Waals surface area (Å²) in [5.41, 5.74) is 0.933. The van der Waals surface area contributed by atoms with Gasteiger partial charge in [0.2, 0.25) is 0 Å². The Bertz CT molecular complexity index is 315. The maximum absolute atomic E-state index is 10.5. The second-order valence-electron chi connectivity index (χ2n) is 5.07. The van der Waals surface area contributed by atoms with Crippen LogP contribution in [0.2, 0.25) is 0 Å². The van der Waals surface area contributed by atoms with Crippen molar-refractivity contribution in [2.75, 3.05) is 6.61 Å². The summed E-state index contributed by atoms with van der Waals surface area (Å²) in [7, 11) is 0. The molecule has 0 radical (unpaired) electrons. The zero-order chi connectivity index (χ0) is 12.3. The molecule has 16 heavy (non-hydrogen) atoms. The van der Waals surface area contributed by atoms with E-state index in [-0.39, 0.29) is 23.9 Å². The normalized spacial score (nSPS) is 29.6. The highest BCUT2D eigenvalue weighted by Gasteiger charge is 2.40. The Morgan fingerprint density at radius 3 is 2.75 bits per heavy atom. The van der Waals surface area contributed by atoms with E-state index in [1.54, 1.807) is 6.08 Å². The molecule has 2 atom stereocenters. The van der Waals surface area contributed by atoms with Gasteiger partial charge >= 0.3 is 5.97 Å². The van der Waals surface area contributed by atoms with E-state index in [1.807, 2.05) is 0 Å². The molecule has 2 N–H and O–H groups in total. The average molecular weight is 224 g/mol. The predicted octanol–water partition coefficient (Wildman–Crippen LogP) is 2.23. The van der Waals surface area contributed by atoms with Gasteiger partial charge < -0.3 is 10.2 Å². The summed E-state index contributed by atoms with van der Waals surface area (Å²) in [6, 6.07) is 0. The maximum Gasteiger partial charge on any atom is 0.327 e. The number of carboxylic acid groups (broad SMARTS) is 1. The van der Waals surface area contributed by atoms with Crippen molar-refractivity contribution >= 4 is 5.97 Å². The number of aliphatic carboxylic acids is 1. The molecule has 0 aromatic carbocycles. The molecule has 1 rings (SSSR count). The van der Waals surface area contributed by atoms with E-state index in [4.69, 9.17) is 5.11 Å². The Morgan fingerprint density at radius 1 is 1.62 bits per heavy atom. The standard InChI is InChI=1S/C13H20O3/c1-9-4-5-10(8-14)13(2,3)11(9)6-7-12(15)16/h6-7,10-11,14H,1,4-5,8H2,2-3H3,(H,15,16)/b7-6+. The van der Waals surface area contributed by atoms with Crippen molar-refractivity contribution in [1.82, 2.24) is 0 Å². The summed E-state index contributed by atoms with van der Waals surface area (Å²) in [5.74, 6) is -0.689. The zero-order valence-corrected chi connectivity index (χ0v) is 9.94. The molecule has 1 saturated carbocycles. The molecule has 0 heterocycles. The largest absolute Gasteiger partial charge is 0.478 e. The molecule has 1 aliphatic carbocycles. The fourth-order valence-electron chi connectivity index (χ4n) is 2.56. The third-order valence-corrected chi connectivity index (χ3v) is 3.76. The number of hydrogen-bond donors (Lipinski definition) is 2. The van der Waals surface area contributed by atoms with Crippen LogP contribution in [0.25, 0.3) is 0 Å². The quantitative estimate of drug-likeness (QED) is 0.571. The summed E-state index contributed by atoms with van der Waals surface area (Å²) in [6.45, 7) is 8.29. The van der Waals surface area contributed by atoms with Gasteiger partial charge in [0.15, 0.2) is 0 Å². The lowest BCUT2D eigenvalue weighted by Crippen LogP contribution is -2.38. The van der Waals surface area contributed by atoms with Crippen molar-refractivity contribution in [3.63, 3.8) is 0 Å². The molecule has 0 aliphatic heterocycles. The highest BCUT2D eigenvalue weighted by molar-refractivity contribution is 5.79. The fourth-order valence-corrected chi connectivity index (χ4v) is 2.56. The Kier molecular flexibility index (Phi) is 3.92. The van der Waals surface area contributed by atoms with Gasteiger partial charge in [-0.15, -0.1) is 0 Å². The van der Waals surface area contributed by atoms with Crippen LogP contribution in [0, 0.1) is 17.3 Å². The van der Waals surface area contributed by atoms with E-state index in [0.29, 0.717) is 0 Å². The number of rotatable bonds is 3. The van der Waals surface area contributed by atoms with E-state index >= 15 is 0 Å². The predicted molar refractivity (Wildman–Crippen MR) is 63.0 cm³/mol. The molecule has 0 saturated heterocycles. The Labute approximate surface area is 96.5 Å². The van der Waals surface area contributed by atoms with Gasteiger partial charge in [-0.05, 0) is 24.2 Å². The number of aliphatic hydroxyl groups is 1. The van der Waals surface area contributed by atoms with Gasteiger partial charge in [-0.2, -0.15) is 0 Å². The highest BCUT2D eigenvalue weighted by atomic mass is 16.4. The number of carbonyl (C=O) groups is 1. The van der Waals surface area contributed by atoms with E-state index in [1.165, 1.54) is 6.08 Å². The van der Waals surface area contributed by atoms with Crippen LogP contribution in [0.15, 0.2) is 24.3 Å². The molecule has 90 valence electrons. The molecule has 3 heteroatoms. The van der Waals surface area contributed by atoms with E-state index < -0.39 is 5.97 Å². The third kappa shape index (κ3) is 2.53. The van der Waals surface area contributed by atoms with Crippen LogP contribution in [-0.2, 0) is 4.79 Å². The first kappa shape index (κ1) is 13.0. The number of hydrogen-bond acceptors (Lipinski definition) is 2. The summed E-state index contributed by atoms with van der Waals surface area (Å²) in [5, 5.41) is 18.0. The van der Waals surface area contributed by atoms with E-state index in [2.05, 4.69) is 20.4 Å². The zero-order valence-electron chi connectivity index (χ0n) is 9.94. The third-order valence-electron chi connectivity index (χ3n) is 3.76. The molecule has 0 spiro atoms. The minimum Gasteiger partial charge on any atom is -0.478 e. The van der Waals surface area contributed by atoms with Crippen LogP contribution in [0.1, 0.15) is 26.7 Å². The van der Waals surface area contributed by atoms with Gasteiger partial charge in [0.1, 0.15) is 0 Å². The van der Waals surface area contributed by atoms with Crippen LogP contribution in [-0.4, -0.2) is 22.8 Å². The fraction of sp³-hybridized carbons (Fsp3) is 0.615. The number of allylic oxidation sites excluding steroid dienone is 2. The van der Waals surface area contributed by atoms with Gasteiger partial charge in [0.25, 0.3) is 0 Å². The van der Waals surface area contributed by atoms with E-state index in [9.17, 15) is 9.90 Å². The van der Waals surface area contributed by atoms with Crippen LogP contribution in [0.3, 0.4) is 0 Å². The van der Waals surface area contributed by atoms with Crippen molar-refractivity contribution in [3.05, 3.63) is 24.3 Å². The van der Waals surface area contributed by atoms with Crippen molar-refractivity contribution in [1.29, 1.82) is 0 Å². The molecule has 1 fully saturated rings. The van der Waals surface area contributed by atoms with Gasteiger partial charge in [0.05, 0.1) is 0 Å². The SMILES string of the molecule is C=C1CCC(CO)C(C)(C)C1/C=C/C(=O)O. The lowest BCUT2D eigenvalue weighted by molar-refractivity contribution is -0.131. The van der Waals surface area contributed by atoms with Crippen LogP contribution < -0.4 is 0 Å². The molecule has 1 aliphatic rings. The minimum atomic E-state index is -0.935. The number of aliphatic hydroxyl groups excluding tert-OH is 1. The molecule has 0 bridgehead atoms. The molecule has 3 nitrogen and oxygen atoms in total. The van der Waals surface area contributed by atoms with Crippen LogP contribution in [0.5, 0.6) is 0 Å². The van der Waals surface area contributed by atoms with E-state index in [0.717, 1.165) is 18.4 Å². The molecule has 0 aromatic heterocycles. The molecular formula is C13H20O3. The smallest absolute Gasteiger partial charge is 0.327 e. The van der Waals surface area contributed by atoms with Gasteiger partial charge in [0, 0.05) is 18.6 Å². The van der Waals surface area contributed by atoms with Gasteiger partial charge in [-0.3, -0.25) is 0 Å². The van der Waals surface area contributed by atoms with Crippen LogP contribution >= 0.6 is 0 Å². The van der Waals surface area contributed by atoms with Crippen molar-refractivity contribution < 1.29 is 15.0 Å². The molecule has 2 unspecified atom stereocenters. The summed E-state index contributed by atoms with van der Waals surface area (Å²) in [6.07, 6.45) is 4.67. The summed E-state index contributed by atoms with van der Waals surface area (Å²) >= 11 is 0. The topological polar surface area (TPSA) is 57.5 Å². The molecule has 0 amide bonds. The second kappa shape index (κ2) is 4.83. The first-order chi connectivity index (χ1) is 7.39. The lowest BCUT2D eigenvalue weighted by Gasteiger charge is -2.44. The first-order valence-corrected chi connectivity index (χ1v) is 5.59. The summed E-state index contributed by atoms with van der Waals surface area (Å²) in [4.78, 5) is 10.5. The van der Waals surface area contributed by atoms with Crippen molar-refractivity contribution in [3.8, 4) is 0 Å². The summed E-state index contributed by atoms with van der Waals surface area (Å²) < 4.78 is 0. The molecular weight excluding hydrogens is 204 g/mol. The minimum absolute atomic E-state index is 0.0366. The lowest BCUT2D eigenvalue weighted by atomic mass is 9.61. The Balaban J connectivity index is 2.93. The maximum atomic E-state index is 10.5. The Morgan fingerprint density at radius 2 is 2.25 bits per heavy atom. The second-order valence-corrected chi connectivity index (χ2v) is 5.07.